The number of ether oxygens (including phenoxy) is 3. The first-order chi connectivity index (χ1) is 8.04. The summed E-state index contributed by atoms with van der Waals surface area (Å²) in [6.45, 7) is 0. The van der Waals surface area contributed by atoms with Gasteiger partial charge >= 0.3 is 5.97 Å². The first-order valence-corrected chi connectivity index (χ1v) is 5.91. The molecule has 0 amide bonds. The third-order valence-corrected chi connectivity index (χ3v) is 3.28. The van der Waals surface area contributed by atoms with Crippen molar-refractivity contribution in [3.05, 3.63) is 22.2 Å². The van der Waals surface area contributed by atoms with E-state index in [0.29, 0.717) is 21.5 Å². The molecule has 0 bridgehead atoms. The fraction of sp³-hybridized carbons (Fsp3) is 0.364. The number of carbonyl (C=O) groups is 1. The largest absolute Gasteiger partial charge is 0.493 e. The predicted molar refractivity (Wildman–Crippen MR) is 67.9 cm³/mol. The average Bonchev–Trinajstić information content (AvgIpc) is 2.36. The molecule has 0 spiro atoms. The number of rotatable bonds is 4. The number of esters is 1. The van der Waals surface area contributed by atoms with Crippen molar-refractivity contribution in [2.45, 2.75) is 5.38 Å². The summed E-state index contributed by atoms with van der Waals surface area (Å²) in [6, 6.07) is 3.32. The van der Waals surface area contributed by atoms with E-state index in [-0.39, 0.29) is 0 Å². The SMILES string of the molecule is COC(=O)C(Cl)c1cc(OC)c(OC)cc1Br. The van der Waals surface area contributed by atoms with Gasteiger partial charge in [-0.2, -0.15) is 0 Å². The van der Waals surface area contributed by atoms with E-state index in [9.17, 15) is 4.79 Å². The van der Waals surface area contributed by atoms with Crippen molar-refractivity contribution in [2.75, 3.05) is 21.3 Å². The Hall–Kier alpha value is -0.940. The Labute approximate surface area is 113 Å². The highest BCUT2D eigenvalue weighted by atomic mass is 79.9. The molecule has 0 saturated carbocycles. The normalized spacial score (nSPS) is 11.8. The monoisotopic (exact) mass is 322 g/mol. The van der Waals surface area contributed by atoms with Gasteiger partial charge in [-0.25, -0.2) is 0 Å². The molecule has 0 heterocycles. The Morgan fingerprint density at radius 1 is 1.24 bits per heavy atom. The fourth-order valence-corrected chi connectivity index (χ4v) is 2.25. The number of halogens is 2. The van der Waals surface area contributed by atoms with Gasteiger partial charge in [0, 0.05) is 4.47 Å². The number of benzene rings is 1. The molecule has 1 unspecified atom stereocenters. The maximum Gasteiger partial charge on any atom is 0.328 e. The lowest BCUT2D eigenvalue weighted by Crippen LogP contribution is -2.09. The lowest BCUT2D eigenvalue weighted by atomic mass is 10.1. The van der Waals surface area contributed by atoms with Gasteiger partial charge in [0.05, 0.1) is 21.3 Å². The van der Waals surface area contributed by atoms with Crippen molar-refractivity contribution in [2.24, 2.45) is 0 Å². The van der Waals surface area contributed by atoms with Gasteiger partial charge in [0.2, 0.25) is 0 Å². The van der Waals surface area contributed by atoms with Crippen LogP contribution in [0.1, 0.15) is 10.9 Å². The Kier molecular flexibility index (Phi) is 5.08. The molecule has 0 aromatic heterocycles. The molecule has 4 nitrogen and oxygen atoms in total. The van der Waals surface area contributed by atoms with Crippen LogP contribution in [0.4, 0.5) is 0 Å². The Bertz CT molecular complexity index is 422. The van der Waals surface area contributed by atoms with Crippen molar-refractivity contribution in [1.82, 2.24) is 0 Å². The minimum absolute atomic E-state index is 0.500. The first-order valence-electron chi connectivity index (χ1n) is 4.68. The zero-order valence-electron chi connectivity index (χ0n) is 9.62. The molecular weight excluding hydrogens is 311 g/mol. The second kappa shape index (κ2) is 6.12. The zero-order valence-corrected chi connectivity index (χ0v) is 12.0. The summed E-state index contributed by atoms with van der Waals surface area (Å²) in [5.74, 6) is 0.525. The number of carbonyl (C=O) groups excluding carboxylic acids is 1. The van der Waals surface area contributed by atoms with Gasteiger partial charge in [0.15, 0.2) is 16.9 Å². The fourth-order valence-electron chi connectivity index (χ4n) is 1.29. The lowest BCUT2D eigenvalue weighted by molar-refractivity contribution is -0.140. The molecule has 1 aromatic rings. The average molecular weight is 324 g/mol. The number of hydrogen-bond donors (Lipinski definition) is 0. The van der Waals surface area contributed by atoms with Crippen LogP contribution in [0, 0.1) is 0 Å². The molecule has 0 fully saturated rings. The summed E-state index contributed by atoms with van der Waals surface area (Å²) in [5.41, 5.74) is 0.566. The van der Waals surface area contributed by atoms with E-state index >= 15 is 0 Å². The Balaban J connectivity index is 3.21. The topological polar surface area (TPSA) is 44.8 Å². The Morgan fingerprint density at radius 2 is 1.76 bits per heavy atom. The molecule has 94 valence electrons. The summed E-state index contributed by atoms with van der Waals surface area (Å²) in [5, 5.41) is -0.894. The quantitative estimate of drug-likeness (QED) is 0.631. The first kappa shape index (κ1) is 14.1. The van der Waals surface area contributed by atoms with Gasteiger partial charge < -0.3 is 14.2 Å². The highest BCUT2D eigenvalue weighted by molar-refractivity contribution is 9.10. The lowest BCUT2D eigenvalue weighted by Gasteiger charge is -2.14. The van der Waals surface area contributed by atoms with E-state index < -0.39 is 11.3 Å². The molecular formula is C11H12BrClO4. The van der Waals surface area contributed by atoms with Crippen LogP contribution in [0.5, 0.6) is 11.5 Å². The molecule has 0 aliphatic heterocycles. The second-order valence-electron chi connectivity index (χ2n) is 3.11. The summed E-state index contributed by atoms with van der Waals surface area (Å²) < 4.78 is 15.5. The van der Waals surface area contributed by atoms with Gasteiger partial charge in [-0.1, -0.05) is 15.9 Å². The molecule has 0 saturated heterocycles. The van der Waals surface area contributed by atoms with Gasteiger partial charge in [0.1, 0.15) is 0 Å². The maximum atomic E-state index is 11.4. The van der Waals surface area contributed by atoms with E-state index in [1.54, 1.807) is 12.1 Å². The van der Waals surface area contributed by atoms with Gasteiger partial charge in [-0.15, -0.1) is 11.6 Å². The van der Waals surface area contributed by atoms with Crippen molar-refractivity contribution >= 4 is 33.5 Å². The van der Waals surface area contributed by atoms with Crippen LogP contribution in [-0.4, -0.2) is 27.3 Å². The van der Waals surface area contributed by atoms with Gasteiger partial charge in [-0.05, 0) is 17.7 Å². The molecule has 1 atom stereocenters. The molecule has 1 aromatic carbocycles. The minimum Gasteiger partial charge on any atom is -0.493 e. The van der Waals surface area contributed by atoms with Gasteiger partial charge in [-0.3, -0.25) is 4.79 Å². The molecule has 1 rings (SSSR count). The molecule has 0 aliphatic carbocycles. The predicted octanol–water partition coefficient (Wildman–Crippen LogP) is 2.92. The van der Waals surface area contributed by atoms with Crippen LogP contribution in [0.25, 0.3) is 0 Å². The summed E-state index contributed by atoms with van der Waals surface area (Å²) in [4.78, 5) is 11.4. The van der Waals surface area contributed by atoms with Gasteiger partial charge in [0.25, 0.3) is 0 Å². The molecule has 0 radical (unpaired) electrons. The van der Waals surface area contributed by atoms with Crippen molar-refractivity contribution < 1.29 is 19.0 Å². The summed E-state index contributed by atoms with van der Waals surface area (Å²) in [6.07, 6.45) is 0. The smallest absolute Gasteiger partial charge is 0.328 e. The van der Waals surface area contributed by atoms with E-state index in [0.717, 1.165) is 0 Å². The van der Waals surface area contributed by atoms with Crippen LogP contribution >= 0.6 is 27.5 Å². The van der Waals surface area contributed by atoms with Crippen LogP contribution in [0.15, 0.2) is 16.6 Å². The maximum absolute atomic E-state index is 11.4. The van der Waals surface area contributed by atoms with Crippen LogP contribution < -0.4 is 9.47 Å². The standard InChI is InChI=1S/C11H12BrClO4/c1-15-8-4-6(10(13)11(14)17-3)7(12)5-9(8)16-2/h4-5,10H,1-3H3. The third-order valence-electron chi connectivity index (χ3n) is 2.18. The molecule has 0 N–H and O–H groups in total. The number of hydrogen-bond acceptors (Lipinski definition) is 4. The summed E-state index contributed by atoms with van der Waals surface area (Å²) in [7, 11) is 4.33. The van der Waals surface area contributed by atoms with Crippen molar-refractivity contribution in [3.63, 3.8) is 0 Å². The van der Waals surface area contributed by atoms with E-state index in [1.165, 1.54) is 21.3 Å². The van der Waals surface area contributed by atoms with E-state index in [1.807, 2.05) is 0 Å². The number of methoxy groups -OCH3 is 3. The van der Waals surface area contributed by atoms with Crippen LogP contribution in [0.2, 0.25) is 0 Å². The van der Waals surface area contributed by atoms with Crippen LogP contribution in [-0.2, 0) is 9.53 Å². The Morgan fingerprint density at radius 3 is 2.24 bits per heavy atom. The van der Waals surface area contributed by atoms with Crippen LogP contribution in [0.3, 0.4) is 0 Å². The molecule has 17 heavy (non-hydrogen) atoms. The highest BCUT2D eigenvalue weighted by Gasteiger charge is 2.23. The third kappa shape index (κ3) is 3.04. The molecule has 0 aliphatic rings. The zero-order chi connectivity index (χ0) is 13.0. The number of alkyl halides is 1. The summed E-state index contributed by atoms with van der Waals surface area (Å²) >= 11 is 9.31. The second-order valence-corrected chi connectivity index (χ2v) is 4.41. The van der Waals surface area contributed by atoms with Crippen molar-refractivity contribution in [3.8, 4) is 11.5 Å². The van der Waals surface area contributed by atoms with Crippen molar-refractivity contribution in [1.29, 1.82) is 0 Å². The minimum atomic E-state index is -0.894. The van der Waals surface area contributed by atoms with E-state index in [2.05, 4.69) is 20.7 Å². The highest BCUT2D eigenvalue weighted by Crippen LogP contribution is 2.38. The molecule has 6 heteroatoms. The van der Waals surface area contributed by atoms with E-state index in [4.69, 9.17) is 21.1 Å².